The molecule has 96 valence electrons. The minimum atomic E-state index is -1.12. The Kier molecular flexibility index (Phi) is 6.67. The highest BCUT2D eigenvalue weighted by Crippen LogP contribution is 2.35. The molecular formula is C14H30OSi. The van der Waals surface area contributed by atoms with Crippen molar-refractivity contribution >= 4 is 8.07 Å². The van der Waals surface area contributed by atoms with Gasteiger partial charge in [0.2, 0.25) is 0 Å². The molecule has 2 heteroatoms. The van der Waals surface area contributed by atoms with E-state index in [2.05, 4.69) is 20.8 Å². The fourth-order valence-corrected chi connectivity index (χ4v) is 9.57. The molecule has 0 aromatic carbocycles. The molecule has 1 saturated heterocycles. The van der Waals surface area contributed by atoms with Gasteiger partial charge in [0.15, 0.2) is 0 Å². The summed E-state index contributed by atoms with van der Waals surface area (Å²) in [6.07, 6.45) is 8.18. The fourth-order valence-electron chi connectivity index (χ4n) is 3.58. The molecule has 0 N–H and O–H groups in total. The monoisotopic (exact) mass is 242 g/mol. The van der Waals surface area contributed by atoms with Gasteiger partial charge >= 0.3 is 0 Å². The smallest absolute Gasteiger partial charge is 0.0876 e. The highest BCUT2D eigenvalue weighted by atomic mass is 28.3. The van der Waals surface area contributed by atoms with Crippen LogP contribution in [0.25, 0.3) is 0 Å². The van der Waals surface area contributed by atoms with Crippen LogP contribution in [0.2, 0.25) is 18.1 Å². The van der Waals surface area contributed by atoms with Crippen molar-refractivity contribution in [2.24, 2.45) is 0 Å². The average molecular weight is 242 g/mol. The van der Waals surface area contributed by atoms with E-state index in [1.807, 2.05) is 0 Å². The predicted molar refractivity (Wildman–Crippen MR) is 74.6 cm³/mol. The standard InChI is InChI=1S/C14H30OSi/c1-4-11-16(12-5-2,13-6-3)14-9-7-8-10-15-14/h14H,4-13H2,1-3H3. The molecule has 0 aromatic rings. The second-order valence-electron chi connectivity index (χ2n) is 5.47. The molecule has 1 nitrogen and oxygen atoms in total. The lowest BCUT2D eigenvalue weighted by atomic mass is 10.2. The summed E-state index contributed by atoms with van der Waals surface area (Å²) in [6, 6.07) is 4.50. The van der Waals surface area contributed by atoms with E-state index in [9.17, 15) is 0 Å². The molecule has 1 rings (SSSR count). The maximum Gasteiger partial charge on any atom is 0.0876 e. The van der Waals surface area contributed by atoms with Gasteiger partial charge in [0.1, 0.15) is 0 Å². The van der Waals surface area contributed by atoms with Crippen molar-refractivity contribution in [3.8, 4) is 0 Å². The molecule has 0 aromatic heterocycles. The minimum absolute atomic E-state index is 0.695. The van der Waals surface area contributed by atoms with E-state index in [-0.39, 0.29) is 0 Å². The molecule has 0 saturated carbocycles. The van der Waals surface area contributed by atoms with Gasteiger partial charge in [-0.15, -0.1) is 0 Å². The lowest BCUT2D eigenvalue weighted by molar-refractivity contribution is 0.0583. The lowest BCUT2D eigenvalue weighted by Gasteiger charge is -2.41. The first-order chi connectivity index (χ1) is 7.79. The summed E-state index contributed by atoms with van der Waals surface area (Å²) < 4.78 is 6.16. The van der Waals surface area contributed by atoms with Crippen LogP contribution in [0.15, 0.2) is 0 Å². The van der Waals surface area contributed by atoms with E-state index in [4.69, 9.17) is 4.74 Å². The number of rotatable bonds is 7. The van der Waals surface area contributed by atoms with Crippen LogP contribution in [0.4, 0.5) is 0 Å². The van der Waals surface area contributed by atoms with Crippen molar-refractivity contribution in [2.45, 2.75) is 83.2 Å². The van der Waals surface area contributed by atoms with Gasteiger partial charge in [0.05, 0.1) is 8.07 Å². The molecule has 1 aliphatic heterocycles. The largest absolute Gasteiger partial charge is 0.382 e. The van der Waals surface area contributed by atoms with Crippen molar-refractivity contribution in [3.05, 3.63) is 0 Å². The zero-order valence-corrected chi connectivity index (χ0v) is 12.6. The van der Waals surface area contributed by atoms with Crippen LogP contribution in [-0.4, -0.2) is 20.4 Å². The van der Waals surface area contributed by atoms with Crippen LogP contribution in [0, 0.1) is 0 Å². The van der Waals surface area contributed by atoms with Crippen LogP contribution < -0.4 is 0 Å². The van der Waals surface area contributed by atoms with E-state index < -0.39 is 8.07 Å². The molecule has 0 aliphatic carbocycles. The van der Waals surface area contributed by atoms with Crippen molar-refractivity contribution < 1.29 is 4.74 Å². The van der Waals surface area contributed by atoms with Gasteiger partial charge in [-0.1, -0.05) is 58.2 Å². The molecule has 1 aliphatic rings. The highest BCUT2D eigenvalue weighted by molar-refractivity contribution is 6.81. The summed E-state index contributed by atoms with van der Waals surface area (Å²) in [7, 11) is -1.12. The molecule has 1 fully saturated rings. The molecule has 0 bridgehead atoms. The number of hydrogen-bond acceptors (Lipinski definition) is 1. The van der Waals surface area contributed by atoms with E-state index in [0.717, 1.165) is 6.61 Å². The van der Waals surface area contributed by atoms with E-state index in [0.29, 0.717) is 5.73 Å². The van der Waals surface area contributed by atoms with E-state index in [1.165, 1.54) is 56.7 Å². The van der Waals surface area contributed by atoms with Crippen LogP contribution >= 0.6 is 0 Å². The quantitative estimate of drug-likeness (QED) is 0.584. The maximum atomic E-state index is 6.16. The van der Waals surface area contributed by atoms with Gasteiger partial charge in [-0.05, 0) is 19.3 Å². The third-order valence-corrected chi connectivity index (χ3v) is 10.4. The second-order valence-corrected chi connectivity index (χ2v) is 10.3. The zero-order chi connectivity index (χ0) is 11.9. The summed E-state index contributed by atoms with van der Waals surface area (Å²) in [5, 5.41) is 0. The Hall–Kier alpha value is 0.177. The molecule has 1 unspecified atom stereocenters. The molecule has 16 heavy (non-hydrogen) atoms. The highest BCUT2D eigenvalue weighted by Gasteiger charge is 2.40. The first kappa shape index (κ1) is 14.2. The first-order valence-electron chi connectivity index (χ1n) is 7.40. The Labute approximate surface area is 103 Å². The normalized spacial score (nSPS) is 22.3. The van der Waals surface area contributed by atoms with Gasteiger partial charge in [0.25, 0.3) is 0 Å². The molecule has 0 spiro atoms. The van der Waals surface area contributed by atoms with E-state index >= 15 is 0 Å². The first-order valence-corrected chi connectivity index (χ1v) is 10.1. The zero-order valence-electron chi connectivity index (χ0n) is 11.6. The molecule has 0 amide bonds. The van der Waals surface area contributed by atoms with Crippen molar-refractivity contribution in [3.63, 3.8) is 0 Å². The molecule has 0 radical (unpaired) electrons. The Morgan fingerprint density at radius 1 is 0.938 bits per heavy atom. The Bertz CT molecular complexity index is 159. The van der Waals surface area contributed by atoms with Gasteiger partial charge in [-0.2, -0.15) is 0 Å². The number of hydrogen-bond donors (Lipinski definition) is 0. The second kappa shape index (κ2) is 7.49. The summed E-state index contributed by atoms with van der Waals surface area (Å²) in [5.74, 6) is 0. The Balaban J connectivity index is 2.70. The average Bonchev–Trinajstić information content (AvgIpc) is 2.31. The maximum absolute atomic E-state index is 6.16. The topological polar surface area (TPSA) is 9.23 Å². The summed E-state index contributed by atoms with van der Waals surface area (Å²) in [6.45, 7) is 8.11. The lowest BCUT2D eigenvalue weighted by Crippen LogP contribution is -2.50. The van der Waals surface area contributed by atoms with Crippen LogP contribution in [0.5, 0.6) is 0 Å². The third kappa shape index (κ3) is 3.59. The van der Waals surface area contributed by atoms with Crippen LogP contribution in [0.3, 0.4) is 0 Å². The Morgan fingerprint density at radius 2 is 1.50 bits per heavy atom. The van der Waals surface area contributed by atoms with Gasteiger partial charge in [-0.3, -0.25) is 0 Å². The van der Waals surface area contributed by atoms with Gasteiger partial charge < -0.3 is 4.74 Å². The van der Waals surface area contributed by atoms with E-state index in [1.54, 1.807) is 0 Å². The summed E-state index contributed by atoms with van der Waals surface area (Å²) in [5.41, 5.74) is 0.695. The SMILES string of the molecule is CCC[Si](CCC)(CCC)C1CCCCO1. The molecular weight excluding hydrogens is 212 g/mol. The fraction of sp³-hybridized carbons (Fsp3) is 1.00. The molecule has 1 atom stereocenters. The van der Waals surface area contributed by atoms with Crippen molar-refractivity contribution in [1.82, 2.24) is 0 Å². The van der Waals surface area contributed by atoms with Crippen LogP contribution in [0.1, 0.15) is 59.3 Å². The summed E-state index contributed by atoms with van der Waals surface area (Å²) in [4.78, 5) is 0. The number of ether oxygens (including phenoxy) is 1. The third-order valence-electron chi connectivity index (χ3n) is 4.11. The van der Waals surface area contributed by atoms with Gasteiger partial charge in [0, 0.05) is 12.3 Å². The molecule has 1 heterocycles. The Morgan fingerprint density at radius 3 is 1.88 bits per heavy atom. The predicted octanol–water partition coefficient (Wildman–Crippen LogP) is 4.77. The van der Waals surface area contributed by atoms with Crippen LogP contribution in [-0.2, 0) is 4.74 Å². The van der Waals surface area contributed by atoms with Crippen molar-refractivity contribution in [1.29, 1.82) is 0 Å². The van der Waals surface area contributed by atoms with Crippen molar-refractivity contribution in [2.75, 3.05) is 6.61 Å². The summed E-state index contributed by atoms with van der Waals surface area (Å²) >= 11 is 0. The van der Waals surface area contributed by atoms with Gasteiger partial charge in [-0.25, -0.2) is 0 Å². The minimum Gasteiger partial charge on any atom is -0.382 e.